The normalized spacial score (nSPS) is 26.9. The Morgan fingerprint density at radius 2 is 2.25 bits per heavy atom. The van der Waals surface area contributed by atoms with Crippen LogP contribution in [-0.4, -0.2) is 41.7 Å². The maximum Gasteiger partial charge on any atom is 0.303 e. The van der Waals surface area contributed by atoms with Crippen LogP contribution in [0.2, 0.25) is 0 Å². The van der Waals surface area contributed by atoms with Crippen LogP contribution >= 0.6 is 0 Å². The van der Waals surface area contributed by atoms with Crippen molar-refractivity contribution in [1.29, 1.82) is 0 Å². The number of aliphatic carboxylic acids is 1. The zero-order chi connectivity index (χ0) is 12.0. The Balaban J connectivity index is 2.32. The lowest BCUT2D eigenvalue weighted by molar-refractivity contribution is -0.137. The fourth-order valence-corrected chi connectivity index (χ4v) is 2.45. The maximum atomic E-state index is 10.5. The molecule has 0 aromatic rings. The smallest absolute Gasteiger partial charge is 0.303 e. The lowest BCUT2D eigenvalue weighted by Crippen LogP contribution is -2.47. The van der Waals surface area contributed by atoms with Gasteiger partial charge >= 0.3 is 5.97 Å². The Labute approximate surface area is 97.8 Å². The van der Waals surface area contributed by atoms with Gasteiger partial charge in [0.05, 0.1) is 0 Å². The number of carboxylic acid groups (broad SMARTS) is 1. The fraction of sp³-hybridized carbons (Fsp3) is 0.917. The third-order valence-corrected chi connectivity index (χ3v) is 3.24. The molecule has 94 valence electrons. The molecule has 1 heterocycles. The molecule has 2 atom stereocenters. The highest BCUT2D eigenvalue weighted by Gasteiger charge is 2.24. The molecule has 3 N–H and O–H groups in total. The van der Waals surface area contributed by atoms with Crippen molar-refractivity contribution in [2.24, 2.45) is 11.7 Å². The lowest BCUT2D eigenvalue weighted by atomic mass is 9.90. The molecule has 1 saturated heterocycles. The van der Waals surface area contributed by atoms with Crippen molar-refractivity contribution in [3.05, 3.63) is 0 Å². The molecule has 0 radical (unpaired) electrons. The lowest BCUT2D eigenvalue weighted by Gasteiger charge is -2.36. The molecule has 0 bridgehead atoms. The van der Waals surface area contributed by atoms with Crippen LogP contribution in [0.5, 0.6) is 0 Å². The number of unbranched alkanes of at least 4 members (excludes halogenated alkanes) is 1. The van der Waals surface area contributed by atoms with Crippen LogP contribution in [0.3, 0.4) is 0 Å². The first-order chi connectivity index (χ1) is 7.61. The van der Waals surface area contributed by atoms with Gasteiger partial charge < -0.3 is 15.7 Å². The second-order valence-electron chi connectivity index (χ2n) is 4.91. The molecule has 1 fully saturated rings. The molecule has 0 spiro atoms. The molecule has 0 aromatic heterocycles. The van der Waals surface area contributed by atoms with Gasteiger partial charge in [0.15, 0.2) is 0 Å². The van der Waals surface area contributed by atoms with Crippen molar-refractivity contribution >= 4 is 5.97 Å². The molecule has 1 rings (SSSR count). The molecular weight excluding hydrogens is 204 g/mol. The summed E-state index contributed by atoms with van der Waals surface area (Å²) in [5, 5.41) is 8.67. The largest absolute Gasteiger partial charge is 0.481 e. The van der Waals surface area contributed by atoms with Crippen molar-refractivity contribution in [2.45, 2.75) is 45.1 Å². The Hall–Kier alpha value is -0.610. The second-order valence-corrected chi connectivity index (χ2v) is 4.91. The van der Waals surface area contributed by atoms with Crippen LogP contribution in [0.25, 0.3) is 0 Å². The summed E-state index contributed by atoms with van der Waals surface area (Å²) in [4.78, 5) is 12.9. The van der Waals surface area contributed by atoms with Gasteiger partial charge in [-0.15, -0.1) is 0 Å². The SMILES string of the molecule is CCCCN1CC(N)CC(CCC(=O)O)C1. The highest BCUT2D eigenvalue weighted by Crippen LogP contribution is 2.20. The summed E-state index contributed by atoms with van der Waals surface area (Å²) >= 11 is 0. The summed E-state index contributed by atoms with van der Waals surface area (Å²) in [7, 11) is 0. The first-order valence-corrected chi connectivity index (χ1v) is 6.31. The molecule has 16 heavy (non-hydrogen) atoms. The number of carboxylic acids is 1. The quantitative estimate of drug-likeness (QED) is 0.719. The van der Waals surface area contributed by atoms with Crippen molar-refractivity contribution < 1.29 is 9.90 Å². The molecule has 2 unspecified atom stereocenters. The van der Waals surface area contributed by atoms with Crippen LogP contribution in [0, 0.1) is 5.92 Å². The molecule has 0 saturated carbocycles. The van der Waals surface area contributed by atoms with Crippen LogP contribution in [0.15, 0.2) is 0 Å². The van der Waals surface area contributed by atoms with Gasteiger partial charge in [-0.3, -0.25) is 4.79 Å². The van der Waals surface area contributed by atoms with Gasteiger partial charge in [-0.1, -0.05) is 13.3 Å². The van der Waals surface area contributed by atoms with Crippen molar-refractivity contribution in [3.8, 4) is 0 Å². The van der Waals surface area contributed by atoms with E-state index in [0.717, 1.165) is 32.5 Å². The molecule has 1 aliphatic heterocycles. The number of nitrogens with two attached hydrogens (primary N) is 1. The number of carbonyl (C=O) groups is 1. The topological polar surface area (TPSA) is 66.6 Å². The minimum absolute atomic E-state index is 0.226. The van der Waals surface area contributed by atoms with Crippen molar-refractivity contribution in [2.75, 3.05) is 19.6 Å². The van der Waals surface area contributed by atoms with Gasteiger partial charge in [-0.05, 0) is 31.7 Å². The Morgan fingerprint density at radius 1 is 1.50 bits per heavy atom. The van der Waals surface area contributed by atoms with E-state index in [1.807, 2.05) is 0 Å². The van der Waals surface area contributed by atoms with E-state index in [1.165, 1.54) is 12.8 Å². The highest BCUT2D eigenvalue weighted by molar-refractivity contribution is 5.66. The number of piperidine rings is 1. The predicted molar refractivity (Wildman–Crippen MR) is 64.3 cm³/mol. The molecule has 4 heteroatoms. The molecule has 0 aliphatic carbocycles. The number of hydrogen-bond acceptors (Lipinski definition) is 3. The molecule has 0 amide bonds. The standard InChI is InChI=1S/C12H24N2O2/c1-2-3-6-14-8-10(4-5-12(15)16)7-11(13)9-14/h10-11H,2-9,13H2,1H3,(H,15,16). The van der Waals surface area contributed by atoms with E-state index in [4.69, 9.17) is 10.8 Å². The number of rotatable bonds is 6. The Morgan fingerprint density at radius 3 is 2.88 bits per heavy atom. The van der Waals surface area contributed by atoms with E-state index in [0.29, 0.717) is 5.92 Å². The van der Waals surface area contributed by atoms with E-state index in [9.17, 15) is 4.79 Å². The number of hydrogen-bond donors (Lipinski definition) is 2. The monoisotopic (exact) mass is 228 g/mol. The molecule has 4 nitrogen and oxygen atoms in total. The van der Waals surface area contributed by atoms with Gasteiger partial charge in [-0.2, -0.15) is 0 Å². The first-order valence-electron chi connectivity index (χ1n) is 6.31. The highest BCUT2D eigenvalue weighted by atomic mass is 16.4. The summed E-state index contributed by atoms with van der Waals surface area (Å²) in [5.41, 5.74) is 6.00. The first kappa shape index (κ1) is 13.5. The maximum absolute atomic E-state index is 10.5. The summed E-state index contributed by atoms with van der Waals surface area (Å²) in [6, 6.07) is 0.226. The molecular formula is C12H24N2O2. The van der Waals surface area contributed by atoms with Crippen LogP contribution in [-0.2, 0) is 4.79 Å². The summed E-state index contributed by atoms with van der Waals surface area (Å²) in [6.07, 6.45) is 4.43. The zero-order valence-electron chi connectivity index (χ0n) is 10.2. The third kappa shape index (κ3) is 4.94. The van der Waals surface area contributed by atoms with Gasteiger partial charge in [0.2, 0.25) is 0 Å². The minimum Gasteiger partial charge on any atom is -0.481 e. The average molecular weight is 228 g/mol. The van der Waals surface area contributed by atoms with Crippen molar-refractivity contribution in [1.82, 2.24) is 4.90 Å². The zero-order valence-corrected chi connectivity index (χ0v) is 10.2. The Kier molecular flexibility index (Phi) is 5.77. The predicted octanol–water partition coefficient (Wildman–Crippen LogP) is 1.30. The minimum atomic E-state index is -0.695. The number of nitrogens with zero attached hydrogens (tertiary/aromatic N) is 1. The van der Waals surface area contributed by atoms with Crippen molar-refractivity contribution in [3.63, 3.8) is 0 Å². The van der Waals surface area contributed by atoms with Crippen LogP contribution in [0.1, 0.15) is 39.0 Å². The number of likely N-dealkylation sites (tertiary alicyclic amines) is 1. The van der Waals surface area contributed by atoms with Crippen LogP contribution in [0.4, 0.5) is 0 Å². The van der Waals surface area contributed by atoms with Gasteiger partial charge in [0.25, 0.3) is 0 Å². The Bertz CT molecular complexity index is 221. The van der Waals surface area contributed by atoms with E-state index in [2.05, 4.69) is 11.8 Å². The average Bonchev–Trinajstić information content (AvgIpc) is 2.23. The summed E-state index contributed by atoms with van der Waals surface area (Å²) in [6.45, 7) is 5.30. The van der Waals surface area contributed by atoms with Gasteiger partial charge in [0.1, 0.15) is 0 Å². The fourth-order valence-electron chi connectivity index (χ4n) is 2.45. The van der Waals surface area contributed by atoms with Gasteiger partial charge in [0, 0.05) is 25.6 Å². The van der Waals surface area contributed by atoms with E-state index < -0.39 is 5.97 Å². The van der Waals surface area contributed by atoms with E-state index in [-0.39, 0.29) is 12.5 Å². The summed E-state index contributed by atoms with van der Waals surface area (Å²) < 4.78 is 0. The molecule has 0 aromatic carbocycles. The van der Waals surface area contributed by atoms with E-state index in [1.54, 1.807) is 0 Å². The summed E-state index contributed by atoms with van der Waals surface area (Å²) in [5.74, 6) is -0.226. The molecule has 1 aliphatic rings. The van der Waals surface area contributed by atoms with Gasteiger partial charge in [-0.25, -0.2) is 0 Å². The van der Waals surface area contributed by atoms with Crippen LogP contribution < -0.4 is 5.73 Å². The third-order valence-electron chi connectivity index (χ3n) is 3.24. The van der Waals surface area contributed by atoms with E-state index >= 15 is 0 Å². The second kappa shape index (κ2) is 6.86.